The summed E-state index contributed by atoms with van der Waals surface area (Å²) < 4.78 is 12.7. The third-order valence-corrected chi connectivity index (χ3v) is 4.81. The molecule has 0 bridgehead atoms. The maximum Gasteiger partial charge on any atom is 0.235 e. The van der Waals surface area contributed by atoms with E-state index in [-0.39, 0.29) is 0 Å². The van der Waals surface area contributed by atoms with Gasteiger partial charge >= 0.3 is 0 Å². The first-order chi connectivity index (χ1) is 13.1. The van der Waals surface area contributed by atoms with E-state index in [1.165, 1.54) is 11.3 Å². The molecular formula is C18H20N6O2S. The molecule has 8 nitrogen and oxygen atoms in total. The van der Waals surface area contributed by atoms with Crippen molar-refractivity contribution in [3.05, 3.63) is 41.0 Å². The van der Waals surface area contributed by atoms with Gasteiger partial charge in [-0.05, 0) is 42.7 Å². The van der Waals surface area contributed by atoms with Crippen molar-refractivity contribution in [3.63, 3.8) is 0 Å². The van der Waals surface area contributed by atoms with Crippen molar-refractivity contribution in [1.29, 1.82) is 0 Å². The minimum absolute atomic E-state index is 0.360. The molecule has 0 unspecified atom stereocenters. The highest BCUT2D eigenvalue weighted by atomic mass is 32.1. The summed E-state index contributed by atoms with van der Waals surface area (Å²) >= 11 is 1.45. The molecule has 4 rings (SSSR count). The number of aromatic amines is 1. The maximum atomic E-state index is 5.79. The Bertz CT molecular complexity index is 1030. The van der Waals surface area contributed by atoms with Crippen molar-refractivity contribution in [2.24, 2.45) is 5.92 Å². The number of hydrogen-bond acceptors (Lipinski definition) is 7. The van der Waals surface area contributed by atoms with Crippen LogP contribution in [-0.2, 0) is 13.0 Å². The molecule has 0 amide bonds. The fourth-order valence-electron chi connectivity index (χ4n) is 2.71. The van der Waals surface area contributed by atoms with Crippen molar-refractivity contribution in [3.8, 4) is 23.0 Å². The van der Waals surface area contributed by atoms with Gasteiger partial charge in [0.05, 0.1) is 7.11 Å². The molecule has 0 saturated carbocycles. The van der Waals surface area contributed by atoms with Crippen LogP contribution in [0.4, 0.5) is 0 Å². The van der Waals surface area contributed by atoms with Gasteiger partial charge in [-0.1, -0.05) is 25.2 Å². The average Bonchev–Trinajstić information content (AvgIpc) is 3.35. The van der Waals surface area contributed by atoms with E-state index in [2.05, 4.69) is 39.3 Å². The van der Waals surface area contributed by atoms with Crippen molar-refractivity contribution in [1.82, 2.24) is 30.0 Å². The van der Waals surface area contributed by atoms with E-state index in [0.717, 1.165) is 34.3 Å². The predicted molar refractivity (Wildman–Crippen MR) is 102 cm³/mol. The van der Waals surface area contributed by atoms with E-state index in [4.69, 9.17) is 9.47 Å². The molecule has 27 heavy (non-hydrogen) atoms. The standard InChI is InChI=1S/C18H20N6O2S/c1-11(2)8-12-9-15(20-19-12)17-21-22-18-24(17)23-16(27-18)10-26-14-6-4-13(25-3)5-7-14/h4-7,9,11H,8,10H2,1-3H3,(H,19,20). The lowest BCUT2D eigenvalue weighted by molar-refractivity contribution is 0.303. The Kier molecular flexibility index (Phi) is 4.76. The molecular weight excluding hydrogens is 364 g/mol. The Labute approximate surface area is 160 Å². The molecule has 4 aromatic rings. The molecule has 0 fully saturated rings. The molecule has 0 atom stereocenters. The van der Waals surface area contributed by atoms with Gasteiger partial charge in [0.2, 0.25) is 10.8 Å². The number of H-pyrrole nitrogens is 1. The van der Waals surface area contributed by atoms with Gasteiger partial charge in [-0.2, -0.15) is 14.7 Å². The van der Waals surface area contributed by atoms with Crippen LogP contribution in [0.25, 0.3) is 16.5 Å². The largest absolute Gasteiger partial charge is 0.497 e. The summed E-state index contributed by atoms with van der Waals surface area (Å²) in [5, 5.41) is 21.2. The van der Waals surface area contributed by atoms with E-state index in [1.807, 2.05) is 30.3 Å². The molecule has 0 aliphatic heterocycles. The van der Waals surface area contributed by atoms with Crippen LogP contribution in [0.3, 0.4) is 0 Å². The first kappa shape index (κ1) is 17.5. The van der Waals surface area contributed by atoms with E-state index in [0.29, 0.717) is 23.3 Å². The number of benzene rings is 1. The summed E-state index contributed by atoms with van der Waals surface area (Å²) in [5.74, 6) is 2.73. The summed E-state index contributed by atoms with van der Waals surface area (Å²) in [7, 11) is 1.64. The van der Waals surface area contributed by atoms with Crippen molar-refractivity contribution >= 4 is 16.3 Å². The Hall–Kier alpha value is -2.94. The molecule has 140 valence electrons. The molecule has 0 spiro atoms. The summed E-state index contributed by atoms with van der Waals surface area (Å²) in [5.41, 5.74) is 1.82. The predicted octanol–water partition coefficient (Wildman–Crippen LogP) is 3.36. The third-order valence-electron chi connectivity index (χ3n) is 3.94. The van der Waals surface area contributed by atoms with Crippen molar-refractivity contribution in [2.45, 2.75) is 26.9 Å². The molecule has 1 N–H and O–H groups in total. The summed E-state index contributed by atoms with van der Waals surface area (Å²) in [6, 6.07) is 9.45. The fourth-order valence-corrected chi connectivity index (χ4v) is 3.46. The van der Waals surface area contributed by atoms with Gasteiger partial charge in [0.25, 0.3) is 0 Å². The van der Waals surface area contributed by atoms with Gasteiger partial charge in [0.1, 0.15) is 23.8 Å². The van der Waals surface area contributed by atoms with Crippen LogP contribution in [0.1, 0.15) is 24.5 Å². The fraction of sp³-hybridized carbons (Fsp3) is 0.333. The number of aromatic nitrogens is 6. The molecule has 0 aliphatic rings. The molecule has 0 aliphatic carbocycles. The number of nitrogens with one attached hydrogen (secondary N) is 1. The van der Waals surface area contributed by atoms with Gasteiger partial charge in [-0.3, -0.25) is 5.10 Å². The van der Waals surface area contributed by atoms with Gasteiger partial charge in [0.15, 0.2) is 5.01 Å². The molecule has 0 saturated heterocycles. The molecule has 0 radical (unpaired) electrons. The Balaban J connectivity index is 1.50. The van der Waals surface area contributed by atoms with E-state index >= 15 is 0 Å². The molecule has 3 heterocycles. The quantitative estimate of drug-likeness (QED) is 0.525. The first-order valence-electron chi connectivity index (χ1n) is 8.65. The monoisotopic (exact) mass is 384 g/mol. The van der Waals surface area contributed by atoms with Crippen LogP contribution in [-0.4, -0.2) is 37.1 Å². The van der Waals surface area contributed by atoms with E-state index in [9.17, 15) is 0 Å². The highest BCUT2D eigenvalue weighted by molar-refractivity contribution is 7.16. The second-order valence-electron chi connectivity index (χ2n) is 6.55. The van der Waals surface area contributed by atoms with Crippen LogP contribution in [0.5, 0.6) is 11.5 Å². The van der Waals surface area contributed by atoms with Crippen molar-refractivity contribution < 1.29 is 9.47 Å². The zero-order valence-electron chi connectivity index (χ0n) is 15.3. The van der Waals surface area contributed by atoms with Crippen LogP contribution in [0.15, 0.2) is 30.3 Å². The van der Waals surface area contributed by atoms with E-state index in [1.54, 1.807) is 11.6 Å². The van der Waals surface area contributed by atoms with Gasteiger partial charge in [0, 0.05) is 5.69 Å². The minimum Gasteiger partial charge on any atom is -0.497 e. The SMILES string of the molecule is COc1ccc(OCc2nn3c(-c4cc(CC(C)C)[nH]n4)nnc3s2)cc1. The molecule has 1 aromatic carbocycles. The van der Waals surface area contributed by atoms with Crippen molar-refractivity contribution in [2.75, 3.05) is 7.11 Å². The lowest BCUT2D eigenvalue weighted by Crippen LogP contribution is -1.97. The summed E-state index contributed by atoms with van der Waals surface area (Å²) in [4.78, 5) is 0.715. The van der Waals surface area contributed by atoms with Crippen LogP contribution in [0, 0.1) is 5.92 Å². The smallest absolute Gasteiger partial charge is 0.235 e. The Morgan fingerprint density at radius 2 is 1.93 bits per heavy atom. The zero-order valence-corrected chi connectivity index (χ0v) is 16.2. The van der Waals surface area contributed by atoms with E-state index < -0.39 is 0 Å². The Morgan fingerprint density at radius 3 is 2.67 bits per heavy atom. The van der Waals surface area contributed by atoms with Crippen LogP contribution >= 0.6 is 11.3 Å². The number of hydrogen-bond donors (Lipinski definition) is 1. The lowest BCUT2D eigenvalue weighted by atomic mass is 10.1. The van der Waals surface area contributed by atoms with Gasteiger partial charge < -0.3 is 9.47 Å². The minimum atomic E-state index is 0.360. The average molecular weight is 384 g/mol. The summed E-state index contributed by atoms with van der Waals surface area (Å²) in [6.45, 7) is 4.70. The second-order valence-corrected chi connectivity index (χ2v) is 7.59. The molecule has 3 aromatic heterocycles. The molecule has 9 heteroatoms. The number of ether oxygens (including phenoxy) is 2. The van der Waals surface area contributed by atoms with Gasteiger partial charge in [-0.15, -0.1) is 10.2 Å². The second kappa shape index (κ2) is 7.36. The van der Waals surface area contributed by atoms with Gasteiger partial charge in [-0.25, -0.2) is 0 Å². The van der Waals surface area contributed by atoms with Crippen LogP contribution in [0.2, 0.25) is 0 Å². The van der Waals surface area contributed by atoms with Crippen LogP contribution < -0.4 is 9.47 Å². The Morgan fingerprint density at radius 1 is 1.15 bits per heavy atom. The zero-order chi connectivity index (χ0) is 18.8. The lowest BCUT2D eigenvalue weighted by Gasteiger charge is -2.04. The number of nitrogens with zero attached hydrogens (tertiary/aromatic N) is 5. The first-order valence-corrected chi connectivity index (χ1v) is 9.46. The number of rotatable bonds is 7. The highest BCUT2D eigenvalue weighted by Gasteiger charge is 2.16. The number of fused-ring (bicyclic) bond motifs is 1. The number of methoxy groups -OCH3 is 1. The third kappa shape index (κ3) is 3.77. The summed E-state index contributed by atoms with van der Waals surface area (Å²) in [6.07, 6.45) is 0.937. The maximum absolute atomic E-state index is 5.79. The highest BCUT2D eigenvalue weighted by Crippen LogP contribution is 2.23. The normalized spacial score (nSPS) is 11.4. The topological polar surface area (TPSA) is 90.2 Å².